The van der Waals surface area contributed by atoms with Gasteiger partial charge in [0.25, 0.3) is 5.24 Å². The van der Waals surface area contributed by atoms with E-state index in [9.17, 15) is 9.59 Å². The Hall–Kier alpha value is -0.510. The van der Waals surface area contributed by atoms with Gasteiger partial charge in [-0.05, 0) is 6.42 Å². The lowest BCUT2D eigenvalue weighted by molar-refractivity contribution is -0.112. The van der Waals surface area contributed by atoms with Gasteiger partial charge >= 0.3 is 0 Å². The third kappa shape index (κ3) is 1.24. The van der Waals surface area contributed by atoms with E-state index in [4.69, 9.17) is 0 Å². The van der Waals surface area contributed by atoms with E-state index in [1.165, 1.54) is 0 Å². The standard InChI is InChI=1S/C5H7NO2S/c1-2-3-4(7)9-5(8)6-3/h3H,2H2,1H3,(H,6,8). The smallest absolute Gasteiger partial charge is 0.287 e. The van der Waals surface area contributed by atoms with Crippen LogP contribution in [0.15, 0.2) is 0 Å². The molecule has 3 nitrogen and oxygen atoms in total. The maximum absolute atomic E-state index is 10.7. The summed E-state index contributed by atoms with van der Waals surface area (Å²) in [6.07, 6.45) is 0.692. The summed E-state index contributed by atoms with van der Waals surface area (Å²) in [5.74, 6) is 0. The lowest BCUT2D eigenvalue weighted by Crippen LogP contribution is -2.27. The van der Waals surface area contributed by atoms with Crippen LogP contribution in [-0.2, 0) is 4.79 Å². The molecule has 0 radical (unpaired) electrons. The summed E-state index contributed by atoms with van der Waals surface area (Å²) >= 11 is 0.764. The van der Waals surface area contributed by atoms with Crippen molar-refractivity contribution in [3.63, 3.8) is 0 Å². The van der Waals surface area contributed by atoms with Crippen LogP contribution in [-0.4, -0.2) is 16.4 Å². The third-order valence-corrected chi connectivity index (χ3v) is 1.97. The molecule has 9 heavy (non-hydrogen) atoms. The maximum atomic E-state index is 10.7. The molecule has 50 valence electrons. The van der Waals surface area contributed by atoms with E-state index in [1.54, 1.807) is 0 Å². The number of carbonyl (C=O) groups excluding carboxylic acids is 2. The van der Waals surface area contributed by atoms with Crippen LogP contribution in [0.4, 0.5) is 4.79 Å². The zero-order chi connectivity index (χ0) is 6.85. The van der Waals surface area contributed by atoms with E-state index in [0.29, 0.717) is 6.42 Å². The summed E-state index contributed by atoms with van der Waals surface area (Å²) in [5, 5.41) is 2.26. The average Bonchev–Trinajstić information content (AvgIpc) is 2.10. The number of hydrogen-bond acceptors (Lipinski definition) is 3. The zero-order valence-electron chi connectivity index (χ0n) is 5.01. The second kappa shape index (κ2) is 2.39. The van der Waals surface area contributed by atoms with Gasteiger partial charge < -0.3 is 5.32 Å². The first-order valence-corrected chi connectivity index (χ1v) is 3.58. The molecule has 0 aromatic carbocycles. The number of rotatable bonds is 1. The largest absolute Gasteiger partial charge is 0.336 e. The number of thioether (sulfide) groups is 1. The van der Waals surface area contributed by atoms with Gasteiger partial charge in [-0.2, -0.15) is 0 Å². The summed E-state index contributed by atoms with van der Waals surface area (Å²) in [4.78, 5) is 21.1. The number of carbonyl (C=O) groups is 2. The predicted molar refractivity (Wildman–Crippen MR) is 35.2 cm³/mol. The highest BCUT2D eigenvalue weighted by Gasteiger charge is 2.29. The lowest BCUT2D eigenvalue weighted by atomic mass is 10.3. The normalized spacial score (nSPS) is 26.6. The SMILES string of the molecule is CCC1NC(=O)SC1=O. The van der Waals surface area contributed by atoms with Crippen molar-refractivity contribution in [2.75, 3.05) is 0 Å². The molecule has 1 unspecified atom stereocenters. The fraction of sp³-hybridized carbons (Fsp3) is 0.600. The summed E-state index contributed by atoms with van der Waals surface area (Å²) in [5.41, 5.74) is 0. The Morgan fingerprint density at radius 3 is 2.56 bits per heavy atom. The monoisotopic (exact) mass is 145 g/mol. The first-order chi connectivity index (χ1) is 4.24. The minimum atomic E-state index is -0.234. The summed E-state index contributed by atoms with van der Waals surface area (Å²) in [7, 11) is 0. The van der Waals surface area contributed by atoms with Gasteiger partial charge in [0.1, 0.15) is 0 Å². The van der Waals surface area contributed by atoms with Crippen molar-refractivity contribution in [2.24, 2.45) is 0 Å². The van der Waals surface area contributed by atoms with Gasteiger partial charge in [0.15, 0.2) is 0 Å². The number of amides is 1. The Bertz CT molecular complexity index is 157. The Morgan fingerprint density at radius 2 is 2.33 bits per heavy atom. The number of hydrogen-bond donors (Lipinski definition) is 1. The molecule has 4 heteroatoms. The van der Waals surface area contributed by atoms with Crippen LogP contribution in [0.5, 0.6) is 0 Å². The Labute approximate surface area is 57.2 Å². The fourth-order valence-corrected chi connectivity index (χ4v) is 1.41. The van der Waals surface area contributed by atoms with Crippen LogP contribution in [0.2, 0.25) is 0 Å². The molecule has 1 aliphatic rings. The van der Waals surface area contributed by atoms with Crippen LogP contribution >= 0.6 is 11.8 Å². The van der Waals surface area contributed by atoms with Crippen LogP contribution in [0.1, 0.15) is 13.3 Å². The summed E-state index contributed by atoms with van der Waals surface area (Å²) < 4.78 is 0. The van der Waals surface area contributed by atoms with E-state index >= 15 is 0 Å². The second-order valence-corrected chi connectivity index (χ2v) is 2.79. The van der Waals surface area contributed by atoms with Crippen molar-refractivity contribution in [2.45, 2.75) is 19.4 Å². The van der Waals surface area contributed by atoms with Crippen LogP contribution in [0.25, 0.3) is 0 Å². The highest BCUT2D eigenvalue weighted by molar-refractivity contribution is 8.26. The van der Waals surface area contributed by atoms with Gasteiger partial charge in [-0.15, -0.1) is 0 Å². The quantitative estimate of drug-likeness (QED) is 0.592. The van der Waals surface area contributed by atoms with Gasteiger partial charge in [-0.3, -0.25) is 9.59 Å². The summed E-state index contributed by atoms with van der Waals surface area (Å²) in [6.45, 7) is 1.87. The van der Waals surface area contributed by atoms with Crippen molar-refractivity contribution in [3.05, 3.63) is 0 Å². The molecule has 0 aromatic rings. The van der Waals surface area contributed by atoms with E-state index in [-0.39, 0.29) is 16.4 Å². The molecule has 0 spiro atoms. The van der Waals surface area contributed by atoms with Crippen LogP contribution < -0.4 is 5.32 Å². The van der Waals surface area contributed by atoms with Crippen LogP contribution in [0, 0.1) is 0 Å². The Balaban J connectivity index is 2.58. The third-order valence-electron chi connectivity index (χ3n) is 1.18. The van der Waals surface area contributed by atoms with E-state index in [1.807, 2.05) is 6.92 Å². The molecule has 1 N–H and O–H groups in total. The van der Waals surface area contributed by atoms with Gasteiger partial charge in [-0.25, -0.2) is 0 Å². The predicted octanol–water partition coefficient (Wildman–Crippen LogP) is 0.748. The molecular weight excluding hydrogens is 138 g/mol. The summed E-state index contributed by atoms with van der Waals surface area (Å²) in [6, 6.07) is -0.234. The zero-order valence-corrected chi connectivity index (χ0v) is 5.83. The molecule has 1 fully saturated rings. The molecule has 1 aliphatic heterocycles. The molecule has 1 saturated heterocycles. The molecule has 0 aliphatic carbocycles. The minimum Gasteiger partial charge on any atom is -0.336 e. The maximum Gasteiger partial charge on any atom is 0.287 e. The van der Waals surface area contributed by atoms with Crippen molar-refractivity contribution in [1.82, 2.24) is 5.32 Å². The molecule has 0 saturated carbocycles. The Kier molecular flexibility index (Phi) is 1.75. The molecular formula is C5H7NO2S. The second-order valence-electron chi connectivity index (χ2n) is 1.81. The van der Waals surface area contributed by atoms with Gasteiger partial charge in [0.2, 0.25) is 5.12 Å². The Morgan fingerprint density at radius 1 is 1.67 bits per heavy atom. The van der Waals surface area contributed by atoms with E-state index < -0.39 is 0 Å². The van der Waals surface area contributed by atoms with Crippen molar-refractivity contribution in [3.8, 4) is 0 Å². The molecule has 0 bridgehead atoms. The molecule has 1 atom stereocenters. The van der Waals surface area contributed by atoms with E-state index in [0.717, 1.165) is 11.8 Å². The first kappa shape index (κ1) is 6.61. The minimum absolute atomic E-state index is 0.0532. The first-order valence-electron chi connectivity index (χ1n) is 2.76. The van der Waals surface area contributed by atoms with Crippen molar-refractivity contribution in [1.29, 1.82) is 0 Å². The highest BCUT2D eigenvalue weighted by atomic mass is 32.2. The van der Waals surface area contributed by atoms with Crippen molar-refractivity contribution >= 4 is 22.1 Å². The lowest BCUT2D eigenvalue weighted by Gasteiger charge is -1.99. The fourth-order valence-electron chi connectivity index (χ4n) is 0.662. The van der Waals surface area contributed by atoms with Crippen LogP contribution in [0.3, 0.4) is 0 Å². The molecule has 1 heterocycles. The van der Waals surface area contributed by atoms with Crippen molar-refractivity contribution < 1.29 is 9.59 Å². The molecule has 0 aromatic heterocycles. The van der Waals surface area contributed by atoms with Gasteiger partial charge in [0.05, 0.1) is 6.04 Å². The van der Waals surface area contributed by atoms with E-state index in [2.05, 4.69) is 5.32 Å². The number of nitrogens with one attached hydrogen (secondary N) is 1. The molecule has 1 rings (SSSR count). The molecule has 1 amide bonds. The van der Waals surface area contributed by atoms with Gasteiger partial charge in [-0.1, -0.05) is 6.92 Å². The topological polar surface area (TPSA) is 46.2 Å². The van der Waals surface area contributed by atoms with Gasteiger partial charge in [0, 0.05) is 11.8 Å². The average molecular weight is 145 g/mol. The highest BCUT2D eigenvalue weighted by Crippen LogP contribution is 2.16.